The highest BCUT2D eigenvalue weighted by atomic mass is 16.5. The van der Waals surface area contributed by atoms with Gasteiger partial charge in [0.05, 0.1) is 6.61 Å². The van der Waals surface area contributed by atoms with Crippen LogP contribution in [0.15, 0.2) is 72.8 Å². The smallest absolute Gasteiger partial charge is 0.255 e. The molecule has 182 valence electrons. The van der Waals surface area contributed by atoms with Crippen molar-refractivity contribution in [3.63, 3.8) is 0 Å². The Morgan fingerprint density at radius 3 is 2.00 bits per heavy atom. The maximum absolute atomic E-state index is 12.5. The van der Waals surface area contributed by atoms with Crippen molar-refractivity contribution in [1.82, 2.24) is 0 Å². The first-order chi connectivity index (χ1) is 16.5. The summed E-state index contributed by atoms with van der Waals surface area (Å²) in [6.07, 6.45) is 2.15. The number of carbonyl (C=O) groups excluding carboxylic acids is 2. The zero-order valence-corrected chi connectivity index (χ0v) is 21.3. The van der Waals surface area contributed by atoms with Crippen molar-refractivity contribution < 1.29 is 14.3 Å². The molecule has 3 aromatic rings. The number of aryl methyl sites for hydroxylation is 1. The minimum Gasteiger partial charge on any atom is -0.494 e. The van der Waals surface area contributed by atoms with Crippen LogP contribution in [0.4, 0.5) is 11.4 Å². The molecule has 3 rings (SSSR count). The first-order valence-electron chi connectivity index (χ1n) is 12.0. The third-order valence-electron chi connectivity index (χ3n) is 4.37. The normalized spacial score (nSPS) is 9.47. The van der Waals surface area contributed by atoms with E-state index < -0.39 is 0 Å². The number of hydrogen-bond donors (Lipinski definition) is 2. The Bertz CT molecular complexity index is 1010. The zero-order valence-electron chi connectivity index (χ0n) is 21.3. The molecule has 0 saturated heterocycles. The van der Waals surface area contributed by atoms with E-state index in [-0.39, 0.29) is 11.8 Å². The van der Waals surface area contributed by atoms with Crippen molar-refractivity contribution >= 4 is 23.2 Å². The molecule has 0 aromatic heterocycles. The quantitative estimate of drug-likeness (QED) is 0.377. The average Bonchev–Trinajstić information content (AvgIpc) is 2.86. The van der Waals surface area contributed by atoms with Crippen LogP contribution in [-0.4, -0.2) is 18.4 Å². The lowest BCUT2D eigenvalue weighted by Crippen LogP contribution is -2.14. The summed E-state index contributed by atoms with van der Waals surface area (Å²) in [4.78, 5) is 24.9. The van der Waals surface area contributed by atoms with Crippen LogP contribution in [-0.2, 0) is 0 Å². The van der Waals surface area contributed by atoms with E-state index in [0.717, 1.165) is 17.7 Å². The average molecular weight is 463 g/mol. The lowest BCUT2D eigenvalue weighted by molar-refractivity contribution is 0.101. The van der Waals surface area contributed by atoms with E-state index in [9.17, 15) is 9.59 Å². The van der Waals surface area contributed by atoms with Crippen molar-refractivity contribution in [3.8, 4) is 5.75 Å². The number of rotatable bonds is 7. The summed E-state index contributed by atoms with van der Waals surface area (Å²) in [5.41, 5.74) is 3.42. The number of hydrogen-bond acceptors (Lipinski definition) is 3. The predicted octanol–water partition coefficient (Wildman–Crippen LogP) is 7.73. The number of para-hydroxylation sites is 1. The zero-order chi connectivity index (χ0) is 25.3. The Labute approximate surface area is 204 Å². The van der Waals surface area contributed by atoms with Crippen molar-refractivity contribution in [2.75, 3.05) is 17.2 Å². The van der Waals surface area contributed by atoms with Gasteiger partial charge in [-0.1, -0.05) is 65.3 Å². The molecule has 2 N–H and O–H groups in total. The standard InChI is InChI=1S/C24H24N2O3.C3H8.C2H6/c1-3-15-29-21-9-6-8-19(16-21)24(28)25-20-13-11-18(12-14-20)23(27)26-22-10-5-4-7-17(22)2;1-3-2;1-2/h4-14,16H,3,15H2,1-2H3,(H,25,28)(H,26,27);3H2,1-2H3;1-2H3. The minimum absolute atomic E-state index is 0.196. The van der Waals surface area contributed by atoms with Gasteiger partial charge < -0.3 is 15.4 Å². The Morgan fingerprint density at radius 1 is 0.765 bits per heavy atom. The molecular weight excluding hydrogens is 424 g/mol. The maximum atomic E-state index is 12.5. The van der Waals surface area contributed by atoms with Crippen molar-refractivity contribution in [2.24, 2.45) is 0 Å². The van der Waals surface area contributed by atoms with E-state index >= 15 is 0 Å². The number of nitrogens with one attached hydrogen (secondary N) is 2. The van der Waals surface area contributed by atoms with Gasteiger partial charge in [-0.3, -0.25) is 9.59 Å². The molecule has 0 radical (unpaired) electrons. The van der Waals surface area contributed by atoms with Crippen LogP contribution in [0.3, 0.4) is 0 Å². The number of benzene rings is 3. The molecule has 0 aliphatic heterocycles. The van der Waals surface area contributed by atoms with Crippen LogP contribution < -0.4 is 15.4 Å². The summed E-state index contributed by atoms with van der Waals surface area (Å²) < 4.78 is 5.57. The van der Waals surface area contributed by atoms with E-state index in [1.165, 1.54) is 6.42 Å². The van der Waals surface area contributed by atoms with E-state index in [2.05, 4.69) is 24.5 Å². The summed E-state index contributed by atoms with van der Waals surface area (Å²) in [5.74, 6) is 0.240. The predicted molar refractivity (Wildman–Crippen MR) is 143 cm³/mol. The fraction of sp³-hybridized carbons (Fsp3) is 0.310. The van der Waals surface area contributed by atoms with Crippen LogP contribution in [0.1, 0.15) is 73.7 Å². The second kappa shape index (κ2) is 16.1. The highest BCUT2D eigenvalue weighted by Crippen LogP contribution is 2.18. The summed E-state index contributed by atoms with van der Waals surface area (Å²) in [6, 6.07) is 21.5. The van der Waals surface area contributed by atoms with Gasteiger partial charge in [0.1, 0.15) is 5.75 Å². The van der Waals surface area contributed by atoms with Crippen LogP contribution in [0.2, 0.25) is 0 Å². The topological polar surface area (TPSA) is 67.4 Å². The molecule has 0 aliphatic carbocycles. The van der Waals surface area contributed by atoms with Gasteiger partial charge in [-0.05, 0) is 67.4 Å². The highest BCUT2D eigenvalue weighted by molar-refractivity contribution is 6.06. The van der Waals surface area contributed by atoms with Gasteiger partial charge >= 0.3 is 0 Å². The molecule has 5 nitrogen and oxygen atoms in total. The monoisotopic (exact) mass is 462 g/mol. The van der Waals surface area contributed by atoms with Gasteiger partial charge in [0, 0.05) is 22.5 Å². The number of ether oxygens (including phenoxy) is 1. The molecule has 0 heterocycles. The largest absolute Gasteiger partial charge is 0.494 e. The molecular formula is C29H38N2O3. The van der Waals surface area contributed by atoms with E-state index in [1.54, 1.807) is 42.5 Å². The van der Waals surface area contributed by atoms with Crippen LogP contribution in [0, 0.1) is 6.92 Å². The van der Waals surface area contributed by atoms with E-state index in [0.29, 0.717) is 29.2 Å². The second-order valence-corrected chi connectivity index (χ2v) is 7.38. The molecule has 2 amide bonds. The minimum atomic E-state index is -0.232. The van der Waals surface area contributed by atoms with Gasteiger partial charge in [-0.25, -0.2) is 0 Å². The fourth-order valence-corrected chi connectivity index (χ4v) is 2.76. The Kier molecular flexibility index (Phi) is 13.4. The molecule has 34 heavy (non-hydrogen) atoms. The van der Waals surface area contributed by atoms with Gasteiger partial charge in [-0.15, -0.1) is 0 Å². The SMILES string of the molecule is CC.CCC.CCCOc1cccc(C(=O)Nc2ccc(C(=O)Nc3ccccc3C)cc2)c1. The van der Waals surface area contributed by atoms with Crippen molar-refractivity contribution in [2.45, 2.75) is 54.4 Å². The fourth-order valence-electron chi connectivity index (χ4n) is 2.76. The van der Waals surface area contributed by atoms with Crippen LogP contribution in [0.25, 0.3) is 0 Å². The summed E-state index contributed by atoms with van der Waals surface area (Å²) in [6.45, 7) is 12.8. The molecule has 0 aliphatic rings. The van der Waals surface area contributed by atoms with Crippen LogP contribution >= 0.6 is 0 Å². The van der Waals surface area contributed by atoms with E-state index in [4.69, 9.17) is 4.74 Å². The molecule has 0 bridgehead atoms. The number of carbonyl (C=O) groups is 2. The van der Waals surface area contributed by atoms with Gasteiger partial charge in [0.25, 0.3) is 11.8 Å². The van der Waals surface area contributed by atoms with Gasteiger partial charge in [-0.2, -0.15) is 0 Å². The lowest BCUT2D eigenvalue weighted by atomic mass is 10.1. The first-order valence-corrected chi connectivity index (χ1v) is 12.0. The highest BCUT2D eigenvalue weighted by Gasteiger charge is 2.10. The molecule has 0 fully saturated rings. The lowest BCUT2D eigenvalue weighted by Gasteiger charge is -2.10. The summed E-state index contributed by atoms with van der Waals surface area (Å²) >= 11 is 0. The summed E-state index contributed by atoms with van der Waals surface area (Å²) in [7, 11) is 0. The molecule has 0 saturated carbocycles. The molecule has 0 unspecified atom stereocenters. The molecule has 3 aromatic carbocycles. The van der Waals surface area contributed by atoms with Crippen molar-refractivity contribution in [3.05, 3.63) is 89.5 Å². The van der Waals surface area contributed by atoms with E-state index in [1.807, 2.05) is 58.0 Å². The Hall–Kier alpha value is -3.60. The Balaban J connectivity index is 0.00000107. The number of anilines is 2. The summed E-state index contributed by atoms with van der Waals surface area (Å²) in [5, 5.41) is 5.74. The number of amides is 2. The third-order valence-corrected chi connectivity index (χ3v) is 4.37. The maximum Gasteiger partial charge on any atom is 0.255 e. The third kappa shape index (κ3) is 9.49. The van der Waals surface area contributed by atoms with Crippen molar-refractivity contribution in [1.29, 1.82) is 0 Å². The van der Waals surface area contributed by atoms with Gasteiger partial charge in [0.2, 0.25) is 0 Å². The Morgan fingerprint density at radius 2 is 1.38 bits per heavy atom. The molecule has 0 atom stereocenters. The van der Waals surface area contributed by atoms with Crippen LogP contribution in [0.5, 0.6) is 5.75 Å². The first kappa shape index (κ1) is 28.4. The molecule has 5 heteroatoms. The second-order valence-electron chi connectivity index (χ2n) is 7.38. The molecule has 0 spiro atoms. The van der Waals surface area contributed by atoms with Gasteiger partial charge in [0.15, 0.2) is 0 Å².